The summed E-state index contributed by atoms with van der Waals surface area (Å²) in [6.07, 6.45) is 6.80. The van der Waals surface area contributed by atoms with Crippen LogP contribution < -0.4 is 5.32 Å². The van der Waals surface area contributed by atoms with Crippen molar-refractivity contribution in [2.75, 3.05) is 25.5 Å². The van der Waals surface area contributed by atoms with Gasteiger partial charge in [0.2, 0.25) is 0 Å². The minimum absolute atomic E-state index is 0.137. The molecule has 0 saturated carbocycles. The van der Waals surface area contributed by atoms with Crippen LogP contribution in [0.25, 0.3) is 0 Å². The van der Waals surface area contributed by atoms with Crippen molar-refractivity contribution >= 4 is 15.7 Å². The van der Waals surface area contributed by atoms with Gasteiger partial charge in [0.25, 0.3) is 10.0 Å². The molecule has 1 saturated heterocycles. The number of aromatic nitrogens is 1. The van der Waals surface area contributed by atoms with E-state index in [1.165, 1.54) is 12.6 Å². The fourth-order valence-electron chi connectivity index (χ4n) is 2.37. The van der Waals surface area contributed by atoms with Gasteiger partial charge in [-0.2, -0.15) is 4.31 Å². The molecule has 1 aliphatic heterocycles. The maximum atomic E-state index is 12.7. The van der Waals surface area contributed by atoms with E-state index in [4.69, 9.17) is 0 Å². The summed E-state index contributed by atoms with van der Waals surface area (Å²) in [5.41, 5.74) is 0.560. The van der Waals surface area contributed by atoms with Crippen LogP contribution in [-0.4, -0.2) is 37.8 Å². The molecular weight excluding hydrogens is 262 g/mol. The van der Waals surface area contributed by atoms with Crippen LogP contribution in [0.5, 0.6) is 0 Å². The van der Waals surface area contributed by atoms with Gasteiger partial charge in [0.1, 0.15) is 0 Å². The zero-order valence-corrected chi connectivity index (χ0v) is 12.1. The number of nitrogens with one attached hydrogen (secondary N) is 1. The third kappa shape index (κ3) is 3.25. The van der Waals surface area contributed by atoms with Gasteiger partial charge in [-0.05, 0) is 25.0 Å². The number of rotatable bonds is 3. The van der Waals surface area contributed by atoms with Crippen LogP contribution in [0.2, 0.25) is 0 Å². The van der Waals surface area contributed by atoms with Crippen LogP contribution in [0.3, 0.4) is 0 Å². The predicted molar refractivity (Wildman–Crippen MR) is 75.6 cm³/mol. The van der Waals surface area contributed by atoms with Crippen LogP contribution in [0.1, 0.15) is 32.1 Å². The van der Waals surface area contributed by atoms with E-state index in [0.717, 1.165) is 25.7 Å². The lowest BCUT2D eigenvalue weighted by Gasteiger charge is -2.24. The quantitative estimate of drug-likeness (QED) is 0.922. The lowest BCUT2D eigenvalue weighted by Crippen LogP contribution is -2.34. The molecule has 1 aromatic heterocycles. The average molecular weight is 283 g/mol. The largest absolute Gasteiger partial charge is 0.386 e. The molecule has 2 heterocycles. The first-order valence-electron chi connectivity index (χ1n) is 6.79. The smallest absolute Gasteiger partial charge is 0.262 e. The number of hydrogen-bond donors (Lipinski definition) is 1. The van der Waals surface area contributed by atoms with Crippen molar-refractivity contribution < 1.29 is 8.42 Å². The fraction of sp³-hybridized carbons (Fsp3) is 0.615. The second kappa shape index (κ2) is 6.34. The van der Waals surface area contributed by atoms with Crippen molar-refractivity contribution in [2.24, 2.45) is 0 Å². The molecule has 1 fully saturated rings. The summed E-state index contributed by atoms with van der Waals surface area (Å²) >= 11 is 0. The van der Waals surface area contributed by atoms with Crippen molar-refractivity contribution in [1.29, 1.82) is 0 Å². The molecule has 5 nitrogen and oxygen atoms in total. The average Bonchev–Trinajstić information content (AvgIpc) is 2.37. The van der Waals surface area contributed by atoms with Crippen LogP contribution in [-0.2, 0) is 10.0 Å². The van der Waals surface area contributed by atoms with E-state index in [1.807, 2.05) is 0 Å². The van der Waals surface area contributed by atoms with Gasteiger partial charge in [0.05, 0.1) is 5.69 Å². The van der Waals surface area contributed by atoms with E-state index in [9.17, 15) is 8.42 Å². The molecule has 0 amide bonds. The standard InChI is InChI=1S/C13H21N3O2S/c1-14-12-8-7-9-15-13(12)19(17,18)16-10-5-3-2-4-6-11-16/h7-9,14H,2-6,10-11H2,1H3. The molecule has 0 unspecified atom stereocenters. The molecule has 0 radical (unpaired) electrons. The highest BCUT2D eigenvalue weighted by atomic mass is 32.2. The first-order chi connectivity index (χ1) is 9.16. The molecule has 0 atom stereocenters. The summed E-state index contributed by atoms with van der Waals surface area (Å²) in [7, 11) is -1.77. The van der Waals surface area contributed by atoms with Gasteiger partial charge < -0.3 is 5.32 Å². The Hall–Kier alpha value is -1.14. The maximum Gasteiger partial charge on any atom is 0.262 e. The predicted octanol–water partition coefficient (Wildman–Crippen LogP) is 2.08. The van der Waals surface area contributed by atoms with Crippen molar-refractivity contribution in [3.63, 3.8) is 0 Å². The van der Waals surface area contributed by atoms with Crippen molar-refractivity contribution in [3.8, 4) is 0 Å². The molecule has 1 aliphatic rings. The number of nitrogens with zero attached hydrogens (tertiary/aromatic N) is 2. The highest BCUT2D eigenvalue weighted by molar-refractivity contribution is 7.89. The highest BCUT2D eigenvalue weighted by Crippen LogP contribution is 2.23. The summed E-state index contributed by atoms with van der Waals surface area (Å²) in [5.74, 6) is 0. The van der Waals surface area contributed by atoms with Crippen LogP contribution >= 0.6 is 0 Å². The molecule has 0 aliphatic carbocycles. The van der Waals surface area contributed by atoms with Gasteiger partial charge in [0, 0.05) is 26.3 Å². The summed E-state index contributed by atoms with van der Waals surface area (Å²) in [4.78, 5) is 4.06. The number of pyridine rings is 1. The summed E-state index contributed by atoms with van der Waals surface area (Å²) < 4.78 is 26.9. The molecule has 19 heavy (non-hydrogen) atoms. The first-order valence-corrected chi connectivity index (χ1v) is 8.23. The molecule has 0 bridgehead atoms. The zero-order valence-electron chi connectivity index (χ0n) is 11.3. The Morgan fingerprint density at radius 1 is 1.16 bits per heavy atom. The van der Waals surface area contributed by atoms with E-state index in [0.29, 0.717) is 18.8 Å². The zero-order chi connectivity index (χ0) is 13.7. The van der Waals surface area contributed by atoms with Gasteiger partial charge in [-0.1, -0.05) is 19.3 Å². The Morgan fingerprint density at radius 3 is 2.42 bits per heavy atom. The minimum Gasteiger partial charge on any atom is -0.386 e. The molecule has 6 heteroatoms. The second-order valence-corrected chi connectivity index (χ2v) is 6.63. The Labute approximate surface area is 115 Å². The van der Waals surface area contributed by atoms with E-state index in [1.54, 1.807) is 23.5 Å². The van der Waals surface area contributed by atoms with E-state index in [2.05, 4.69) is 10.3 Å². The third-order valence-corrected chi connectivity index (χ3v) is 5.30. The maximum absolute atomic E-state index is 12.7. The van der Waals surface area contributed by atoms with Crippen LogP contribution in [0.15, 0.2) is 23.4 Å². The van der Waals surface area contributed by atoms with E-state index >= 15 is 0 Å². The van der Waals surface area contributed by atoms with Crippen LogP contribution in [0.4, 0.5) is 5.69 Å². The second-order valence-electron chi connectivity index (χ2n) is 4.78. The third-order valence-electron chi connectivity index (χ3n) is 3.44. The molecule has 0 spiro atoms. The highest BCUT2D eigenvalue weighted by Gasteiger charge is 2.28. The minimum atomic E-state index is -3.48. The summed E-state index contributed by atoms with van der Waals surface area (Å²) in [6.45, 7) is 1.20. The molecular formula is C13H21N3O2S. The van der Waals surface area contributed by atoms with Crippen molar-refractivity contribution in [3.05, 3.63) is 18.3 Å². The Kier molecular flexibility index (Phi) is 4.76. The normalized spacial score (nSPS) is 18.6. The number of sulfonamides is 1. The monoisotopic (exact) mass is 283 g/mol. The van der Waals surface area contributed by atoms with Crippen molar-refractivity contribution in [2.45, 2.75) is 37.1 Å². The Bertz CT molecular complexity index is 508. The molecule has 106 valence electrons. The summed E-state index contributed by atoms with van der Waals surface area (Å²) in [5, 5.41) is 3.04. The Morgan fingerprint density at radius 2 is 1.79 bits per heavy atom. The van der Waals surface area contributed by atoms with E-state index < -0.39 is 10.0 Å². The van der Waals surface area contributed by atoms with Gasteiger partial charge in [-0.3, -0.25) is 0 Å². The molecule has 1 aromatic rings. The van der Waals surface area contributed by atoms with Gasteiger partial charge in [-0.15, -0.1) is 0 Å². The molecule has 0 aromatic carbocycles. The van der Waals surface area contributed by atoms with Gasteiger partial charge in [-0.25, -0.2) is 13.4 Å². The summed E-state index contributed by atoms with van der Waals surface area (Å²) in [6, 6.07) is 3.47. The first kappa shape index (κ1) is 14.3. The van der Waals surface area contributed by atoms with Crippen LogP contribution in [0, 0.1) is 0 Å². The Balaban J connectivity index is 2.29. The van der Waals surface area contributed by atoms with Gasteiger partial charge >= 0.3 is 0 Å². The lowest BCUT2D eigenvalue weighted by atomic mass is 10.1. The SMILES string of the molecule is CNc1cccnc1S(=O)(=O)N1CCCCCCC1. The lowest BCUT2D eigenvalue weighted by molar-refractivity contribution is 0.363. The number of hydrogen-bond acceptors (Lipinski definition) is 4. The molecule has 2 rings (SSSR count). The van der Waals surface area contributed by atoms with Crippen molar-refractivity contribution in [1.82, 2.24) is 9.29 Å². The van der Waals surface area contributed by atoms with Gasteiger partial charge in [0.15, 0.2) is 5.03 Å². The topological polar surface area (TPSA) is 62.3 Å². The van der Waals surface area contributed by atoms with E-state index in [-0.39, 0.29) is 5.03 Å². The number of anilines is 1. The molecule has 1 N–H and O–H groups in total. The fourth-order valence-corrected chi connectivity index (χ4v) is 3.99.